The molecule has 0 radical (unpaired) electrons. The maximum Gasteiger partial charge on any atom is 0.0474 e. The molecule has 3 heteroatoms. The Labute approximate surface area is 121 Å². The van der Waals surface area contributed by atoms with Crippen molar-refractivity contribution in [1.82, 2.24) is 9.88 Å². The predicted molar refractivity (Wildman–Crippen MR) is 82.9 cm³/mol. The van der Waals surface area contributed by atoms with Crippen LogP contribution >= 0.6 is 0 Å². The number of rotatable bonds is 8. The molecule has 0 atom stereocenters. The van der Waals surface area contributed by atoms with Crippen LogP contribution in [-0.4, -0.2) is 24.8 Å². The number of hydrogen-bond acceptors (Lipinski definition) is 2. The molecule has 0 spiro atoms. The van der Waals surface area contributed by atoms with Crippen molar-refractivity contribution in [3.63, 3.8) is 0 Å². The second-order valence-electron chi connectivity index (χ2n) is 5.14. The van der Waals surface area contributed by atoms with Crippen molar-refractivity contribution in [2.24, 2.45) is 0 Å². The molecule has 0 aliphatic rings. The molecule has 3 nitrogen and oxygen atoms in total. The van der Waals surface area contributed by atoms with Gasteiger partial charge in [-0.2, -0.15) is 0 Å². The van der Waals surface area contributed by atoms with Gasteiger partial charge in [-0.25, -0.2) is 0 Å². The van der Waals surface area contributed by atoms with Gasteiger partial charge in [0.05, 0.1) is 0 Å². The molecule has 2 rings (SSSR count). The summed E-state index contributed by atoms with van der Waals surface area (Å²) in [5, 5.41) is 3.46. The molecule has 0 aliphatic heterocycles. The molecule has 1 aromatic carbocycles. The van der Waals surface area contributed by atoms with Crippen LogP contribution in [0.1, 0.15) is 23.2 Å². The minimum Gasteiger partial charge on any atom is -0.385 e. The Morgan fingerprint density at radius 3 is 2.90 bits per heavy atom. The van der Waals surface area contributed by atoms with E-state index in [0.717, 1.165) is 32.7 Å². The van der Waals surface area contributed by atoms with E-state index in [-0.39, 0.29) is 0 Å². The van der Waals surface area contributed by atoms with Gasteiger partial charge in [-0.1, -0.05) is 29.8 Å². The van der Waals surface area contributed by atoms with Gasteiger partial charge in [-0.3, -0.25) is 0 Å². The summed E-state index contributed by atoms with van der Waals surface area (Å²) >= 11 is 0. The summed E-state index contributed by atoms with van der Waals surface area (Å²) in [5.74, 6) is 0. The van der Waals surface area contributed by atoms with Crippen molar-refractivity contribution in [1.29, 1.82) is 0 Å². The Balaban J connectivity index is 1.88. The molecule has 108 valence electrons. The Morgan fingerprint density at radius 2 is 2.10 bits per heavy atom. The third-order valence-corrected chi connectivity index (χ3v) is 3.37. The van der Waals surface area contributed by atoms with Crippen molar-refractivity contribution in [3.8, 4) is 0 Å². The molecule has 0 saturated heterocycles. The van der Waals surface area contributed by atoms with Gasteiger partial charge in [0.15, 0.2) is 0 Å². The Bertz CT molecular complexity index is 519. The zero-order valence-corrected chi connectivity index (χ0v) is 12.4. The topological polar surface area (TPSA) is 26.2 Å². The summed E-state index contributed by atoms with van der Waals surface area (Å²) in [7, 11) is 1.74. The number of nitrogens with one attached hydrogen (secondary N) is 1. The van der Waals surface area contributed by atoms with E-state index >= 15 is 0 Å². The van der Waals surface area contributed by atoms with Crippen LogP contribution < -0.4 is 5.32 Å². The zero-order valence-electron chi connectivity index (χ0n) is 12.4. The molecule has 1 aromatic heterocycles. The van der Waals surface area contributed by atoms with Gasteiger partial charge < -0.3 is 14.6 Å². The molecule has 20 heavy (non-hydrogen) atoms. The molecule has 0 saturated carbocycles. The van der Waals surface area contributed by atoms with E-state index in [2.05, 4.69) is 59.4 Å². The van der Waals surface area contributed by atoms with Crippen LogP contribution in [0.5, 0.6) is 0 Å². The van der Waals surface area contributed by atoms with Crippen molar-refractivity contribution in [2.45, 2.75) is 26.4 Å². The molecule has 0 aliphatic carbocycles. The smallest absolute Gasteiger partial charge is 0.0474 e. The molecular formula is C17H24N2O. The second-order valence-corrected chi connectivity index (χ2v) is 5.14. The second kappa shape index (κ2) is 7.88. The highest BCUT2D eigenvalue weighted by molar-refractivity contribution is 5.23. The normalized spacial score (nSPS) is 10.9. The van der Waals surface area contributed by atoms with E-state index in [0.29, 0.717) is 0 Å². The molecule has 0 unspecified atom stereocenters. The van der Waals surface area contributed by atoms with Gasteiger partial charge in [-0.05, 0) is 37.6 Å². The van der Waals surface area contributed by atoms with Crippen LogP contribution in [-0.2, 0) is 17.8 Å². The van der Waals surface area contributed by atoms with Crippen LogP contribution in [0.3, 0.4) is 0 Å². The lowest BCUT2D eigenvalue weighted by Crippen LogP contribution is -2.18. The van der Waals surface area contributed by atoms with E-state index in [1.165, 1.54) is 16.8 Å². The van der Waals surface area contributed by atoms with Crippen LogP contribution in [0.25, 0.3) is 0 Å². The Kier molecular flexibility index (Phi) is 5.84. The van der Waals surface area contributed by atoms with E-state index < -0.39 is 0 Å². The van der Waals surface area contributed by atoms with Crippen LogP contribution in [0.4, 0.5) is 0 Å². The number of nitrogens with zero attached hydrogens (tertiary/aromatic N) is 1. The first-order valence-corrected chi connectivity index (χ1v) is 7.19. The van der Waals surface area contributed by atoms with Gasteiger partial charge in [0.2, 0.25) is 0 Å². The number of aromatic nitrogens is 1. The lowest BCUT2D eigenvalue weighted by Gasteiger charge is -2.11. The van der Waals surface area contributed by atoms with E-state index in [1.54, 1.807) is 7.11 Å². The van der Waals surface area contributed by atoms with Crippen molar-refractivity contribution in [2.75, 3.05) is 20.3 Å². The fraction of sp³-hybridized carbons (Fsp3) is 0.412. The minimum atomic E-state index is 0.817. The molecule has 0 fully saturated rings. The summed E-state index contributed by atoms with van der Waals surface area (Å²) in [5.41, 5.74) is 3.99. The van der Waals surface area contributed by atoms with Crippen LogP contribution in [0.2, 0.25) is 0 Å². The molecular weight excluding hydrogens is 248 g/mol. The lowest BCUT2D eigenvalue weighted by atomic mass is 10.1. The number of ether oxygens (including phenoxy) is 1. The fourth-order valence-corrected chi connectivity index (χ4v) is 2.33. The molecule has 1 N–H and O–H groups in total. The van der Waals surface area contributed by atoms with Gasteiger partial charge in [0, 0.05) is 38.7 Å². The fourth-order valence-electron chi connectivity index (χ4n) is 2.33. The maximum atomic E-state index is 5.05. The van der Waals surface area contributed by atoms with Crippen molar-refractivity contribution < 1.29 is 4.74 Å². The summed E-state index contributed by atoms with van der Waals surface area (Å²) < 4.78 is 7.35. The summed E-state index contributed by atoms with van der Waals surface area (Å²) in [6, 6.07) is 13.0. The number of benzene rings is 1. The SMILES string of the molecule is COCCCNCc1cccn1Cc1cccc(C)c1. The monoisotopic (exact) mass is 272 g/mol. The third-order valence-electron chi connectivity index (χ3n) is 3.37. The third kappa shape index (κ3) is 4.51. The standard InChI is InChI=1S/C17H24N2O/c1-15-6-3-7-16(12-15)14-19-10-4-8-17(19)13-18-9-5-11-20-2/h3-4,6-8,10,12,18H,5,9,11,13-14H2,1-2H3. The maximum absolute atomic E-state index is 5.05. The number of hydrogen-bond donors (Lipinski definition) is 1. The highest BCUT2D eigenvalue weighted by Crippen LogP contribution is 2.09. The van der Waals surface area contributed by atoms with E-state index in [1.807, 2.05) is 0 Å². The van der Waals surface area contributed by atoms with Gasteiger partial charge >= 0.3 is 0 Å². The van der Waals surface area contributed by atoms with Gasteiger partial charge in [-0.15, -0.1) is 0 Å². The number of methoxy groups -OCH3 is 1. The summed E-state index contributed by atoms with van der Waals surface area (Å²) in [4.78, 5) is 0. The van der Waals surface area contributed by atoms with E-state index in [9.17, 15) is 0 Å². The summed E-state index contributed by atoms with van der Waals surface area (Å²) in [6.45, 7) is 5.78. The first kappa shape index (κ1) is 14.8. The zero-order chi connectivity index (χ0) is 14.2. The van der Waals surface area contributed by atoms with Gasteiger partial charge in [0.1, 0.15) is 0 Å². The minimum absolute atomic E-state index is 0.817. The first-order valence-electron chi connectivity index (χ1n) is 7.19. The average molecular weight is 272 g/mol. The molecule has 1 heterocycles. The van der Waals surface area contributed by atoms with Crippen LogP contribution in [0, 0.1) is 6.92 Å². The quantitative estimate of drug-likeness (QED) is 0.748. The molecule has 0 bridgehead atoms. The molecule has 2 aromatic rings. The summed E-state index contributed by atoms with van der Waals surface area (Å²) in [6.07, 6.45) is 3.20. The average Bonchev–Trinajstić information content (AvgIpc) is 2.86. The highest BCUT2D eigenvalue weighted by atomic mass is 16.5. The number of aryl methyl sites for hydroxylation is 1. The Morgan fingerprint density at radius 1 is 1.20 bits per heavy atom. The molecule has 0 amide bonds. The Hall–Kier alpha value is -1.58. The van der Waals surface area contributed by atoms with Crippen LogP contribution in [0.15, 0.2) is 42.6 Å². The lowest BCUT2D eigenvalue weighted by molar-refractivity contribution is 0.194. The van der Waals surface area contributed by atoms with Crippen molar-refractivity contribution in [3.05, 3.63) is 59.4 Å². The highest BCUT2D eigenvalue weighted by Gasteiger charge is 2.02. The predicted octanol–water partition coefficient (Wildman–Crippen LogP) is 2.97. The largest absolute Gasteiger partial charge is 0.385 e. The van der Waals surface area contributed by atoms with Crippen molar-refractivity contribution >= 4 is 0 Å². The van der Waals surface area contributed by atoms with E-state index in [4.69, 9.17) is 4.74 Å². The first-order chi connectivity index (χ1) is 9.79. The van der Waals surface area contributed by atoms with Gasteiger partial charge in [0.25, 0.3) is 0 Å².